The Labute approximate surface area is 96.0 Å². The molecule has 1 rings (SSSR count). The molecular formula is C14H29N. The average molecular weight is 211 g/mol. The molecule has 0 aliphatic heterocycles. The molecule has 1 aliphatic rings. The lowest BCUT2D eigenvalue weighted by Gasteiger charge is -2.24. The highest BCUT2D eigenvalue weighted by Crippen LogP contribution is 2.36. The van der Waals surface area contributed by atoms with E-state index in [1.807, 2.05) is 0 Å². The maximum Gasteiger partial charge on any atom is 0.00953 e. The van der Waals surface area contributed by atoms with Gasteiger partial charge in [0.05, 0.1) is 0 Å². The number of hydrogen-bond acceptors (Lipinski definition) is 1. The fourth-order valence-electron chi connectivity index (χ4n) is 3.04. The summed E-state index contributed by atoms with van der Waals surface area (Å²) in [5.41, 5.74) is 0. The Balaban J connectivity index is 2.34. The SMILES string of the molecule is CCCCC(NCC)C1CCC(CC)C1. The first-order valence-corrected chi connectivity index (χ1v) is 7.05. The van der Waals surface area contributed by atoms with Crippen molar-refractivity contribution < 1.29 is 0 Å². The van der Waals surface area contributed by atoms with Gasteiger partial charge in [-0.25, -0.2) is 0 Å². The predicted molar refractivity (Wildman–Crippen MR) is 68.1 cm³/mol. The topological polar surface area (TPSA) is 12.0 Å². The van der Waals surface area contributed by atoms with E-state index < -0.39 is 0 Å². The van der Waals surface area contributed by atoms with Crippen LogP contribution in [-0.4, -0.2) is 12.6 Å². The zero-order chi connectivity index (χ0) is 11.1. The van der Waals surface area contributed by atoms with Crippen LogP contribution in [0.15, 0.2) is 0 Å². The molecule has 1 nitrogen and oxygen atoms in total. The Morgan fingerprint density at radius 3 is 2.53 bits per heavy atom. The third-order valence-electron chi connectivity index (χ3n) is 4.06. The molecule has 0 amide bonds. The Morgan fingerprint density at radius 1 is 1.20 bits per heavy atom. The first kappa shape index (κ1) is 13.0. The Bertz CT molecular complexity index is 155. The van der Waals surface area contributed by atoms with Gasteiger partial charge in [-0.1, -0.05) is 46.5 Å². The highest BCUT2D eigenvalue weighted by Gasteiger charge is 2.28. The van der Waals surface area contributed by atoms with Crippen LogP contribution in [0.2, 0.25) is 0 Å². The summed E-state index contributed by atoms with van der Waals surface area (Å²) in [6.07, 6.45) is 9.96. The fraction of sp³-hybridized carbons (Fsp3) is 1.00. The summed E-state index contributed by atoms with van der Waals surface area (Å²) in [6.45, 7) is 8.03. The van der Waals surface area contributed by atoms with Gasteiger partial charge in [0.1, 0.15) is 0 Å². The monoisotopic (exact) mass is 211 g/mol. The first-order valence-electron chi connectivity index (χ1n) is 7.05. The molecule has 1 heteroatoms. The third-order valence-corrected chi connectivity index (χ3v) is 4.06. The first-order chi connectivity index (χ1) is 7.31. The van der Waals surface area contributed by atoms with Crippen molar-refractivity contribution in [3.8, 4) is 0 Å². The summed E-state index contributed by atoms with van der Waals surface area (Å²) in [5, 5.41) is 3.70. The molecule has 0 bridgehead atoms. The van der Waals surface area contributed by atoms with E-state index in [9.17, 15) is 0 Å². The fourth-order valence-corrected chi connectivity index (χ4v) is 3.04. The van der Waals surface area contributed by atoms with Crippen LogP contribution >= 0.6 is 0 Å². The minimum atomic E-state index is 0.812. The molecule has 0 radical (unpaired) electrons. The second-order valence-corrected chi connectivity index (χ2v) is 5.15. The van der Waals surface area contributed by atoms with Crippen molar-refractivity contribution in [3.05, 3.63) is 0 Å². The van der Waals surface area contributed by atoms with Crippen LogP contribution in [0, 0.1) is 11.8 Å². The molecule has 1 fully saturated rings. The van der Waals surface area contributed by atoms with Crippen LogP contribution in [0.4, 0.5) is 0 Å². The minimum absolute atomic E-state index is 0.812. The van der Waals surface area contributed by atoms with Crippen molar-refractivity contribution in [2.75, 3.05) is 6.54 Å². The minimum Gasteiger partial charge on any atom is -0.314 e. The van der Waals surface area contributed by atoms with Crippen LogP contribution in [-0.2, 0) is 0 Å². The van der Waals surface area contributed by atoms with Crippen molar-refractivity contribution in [2.24, 2.45) is 11.8 Å². The summed E-state index contributed by atoms with van der Waals surface area (Å²) in [6, 6.07) is 0.812. The van der Waals surface area contributed by atoms with Gasteiger partial charge < -0.3 is 5.32 Å². The average Bonchev–Trinajstić information content (AvgIpc) is 2.72. The predicted octanol–water partition coefficient (Wildman–Crippen LogP) is 3.98. The maximum absolute atomic E-state index is 3.70. The van der Waals surface area contributed by atoms with Crippen molar-refractivity contribution in [2.45, 2.75) is 71.8 Å². The van der Waals surface area contributed by atoms with E-state index in [1.165, 1.54) is 44.9 Å². The summed E-state index contributed by atoms with van der Waals surface area (Å²) in [5.74, 6) is 2.00. The van der Waals surface area contributed by atoms with Gasteiger partial charge in [-0.3, -0.25) is 0 Å². The number of unbranched alkanes of at least 4 members (excludes halogenated alkanes) is 1. The molecule has 1 aliphatic carbocycles. The van der Waals surface area contributed by atoms with Crippen molar-refractivity contribution >= 4 is 0 Å². The summed E-state index contributed by atoms with van der Waals surface area (Å²) < 4.78 is 0. The van der Waals surface area contributed by atoms with Gasteiger partial charge in [-0.2, -0.15) is 0 Å². The van der Waals surface area contributed by atoms with Crippen molar-refractivity contribution in [3.63, 3.8) is 0 Å². The Hall–Kier alpha value is -0.0400. The Morgan fingerprint density at radius 2 is 2.00 bits per heavy atom. The van der Waals surface area contributed by atoms with Crippen molar-refractivity contribution in [1.82, 2.24) is 5.32 Å². The van der Waals surface area contributed by atoms with Gasteiger partial charge in [0.15, 0.2) is 0 Å². The van der Waals surface area contributed by atoms with Gasteiger partial charge in [0.2, 0.25) is 0 Å². The van der Waals surface area contributed by atoms with E-state index in [4.69, 9.17) is 0 Å². The smallest absolute Gasteiger partial charge is 0.00953 e. The van der Waals surface area contributed by atoms with Gasteiger partial charge in [-0.05, 0) is 37.6 Å². The van der Waals surface area contributed by atoms with E-state index in [0.29, 0.717) is 0 Å². The van der Waals surface area contributed by atoms with E-state index in [-0.39, 0.29) is 0 Å². The number of rotatable bonds is 7. The molecule has 90 valence electrons. The third kappa shape index (κ3) is 4.14. The van der Waals surface area contributed by atoms with E-state index >= 15 is 0 Å². The molecule has 1 saturated carbocycles. The van der Waals surface area contributed by atoms with Gasteiger partial charge in [0.25, 0.3) is 0 Å². The van der Waals surface area contributed by atoms with E-state index in [2.05, 4.69) is 26.1 Å². The molecule has 0 aromatic rings. The second-order valence-electron chi connectivity index (χ2n) is 5.15. The van der Waals surface area contributed by atoms with Gasteiger partial charge in [0, 0.05) is 6.04 Å². The molecule has 1 N–H and O–H groups in total. The lowest BCUT2D eigenvalue weighted by Crippen LogP contribution is -2.35. The highest BCUT2D eigenvalue weighted by atomic mass is 14.9. The standard InChI is InChI=1S/C14H29N/c1-4-7-8-14(15-6-3)13-10-9-12(5-2)11-13/h12-15H,4-11H2,1-3H3. The lowest BCUT2D eigenvalue weighted by molar-refractivity contribution is 0.328. The molecule has 3 atom stereocenters. The quantitative estimate of drug-likeness (QED) is 0.671. The normalized spacial score (nSPS) is 28.2. The van der Waals surface area contributed by atoms with Gasteiger partial charge in [-0.15, -0.1) is 0 Å². The molecule has 0 aromatic heterocycles. The van der Waals surface area contributed by atoms with Crippen LogP contribution in [0.1, 0.15) is 65.7 Å². The summed E-state index contributed by atoms with van der Waals surface area (Å²) >= 11 is 0. The Kier molecular flexibility index (Phi) is 6.31. The molecule has 0 spiro atoms. The maximum atomic E-state index is 3.70. The zero-order valence-corrected chi connectivity index (χ0v) is 10.9. The van der Waals surface area contributed by atoms with Crippen LogP contribution < -0.4 is 5.32 Å². The van der Waals surface area contributed by atoms with Gasteiger partial charge >= 0.3 is 0 Å². The number of hydrogen-bond donors (Lipinski definition) is 1. The molecule has 3 unspecified atom stereocenters. The molecule has 15 heavy (non-hydrogen) atoms. The van der Waals surface area contributed by atoms with Crippen LogP contribution in [0.3, 0.4) is 0 Å². The summed E-state index contributed by atoms with van der Waals surface area (Å²) in [7, 11) is 0. The largest absolute Gasteiger partial charge is 0.314 e. The van der Waals surface area contributed by atoms with Crippen LogP contribution in [0.5, 0.6) is 0 Å². The van der Waals surface area contributed by atoms with E-state index in [0.717, 1.165) is 24.4 Å². The molecule has 0 heterocycles. The molecule has 0 aromatic carbocycles. The highest BCUT2D eigenvalue weighted by molar-refractivity contribution is 4.83. The van der Waals surface area contributed by atoms with Crippen molar-refractivity contribution in [1.29, 1.82) is 0 Å². The molecular weight excluding hydrogens is 182 g/mol. The summed E-state index contributed by atoms with van der Waals surface area (Å²) in [4.78, 5) is 0. The number of nitrogens with one attached hydrogen (secondary N) is 1. The zero-order valence-electron chi connectivity index (χ0n) is 10.9. The second kappa shape index (κ2) is 7.27. The molecule has 0 saturated heterocycles. The van der Waals surface area contributed by atoms with E-state index in [1.54, 1.807) is 0 Å². The van der Waals surface area contributed by atoms with Crippen LogP contribution in [0.25, 0.3) is 0 Å². The lowest BCUT2D eigenvalue weighted by atomic mass is 9.92.